The zero-order chi connectivity index (χ0) is 21.0. The summed E-state index contributed by atoms with van der Waals surface area (Å²) in [4.78, 5) is 4.11. The number of halogens is 3. The fourth-order valence-electron chi connectivity index (χ4n) is 2.78. The van der Waals surface area contributed by atoms with Gasteiger partial charge >= 0.3 is 6.18 Å². The molecule has 2 rings (SSSR count). The van der Waals surface area contributed by atoms with E-state index in [1.165, 1.54) is 12.1 Å². The number of rotatable bonds is 7. The van der Waals surface area contributed by atoms with Gasteiger partial charge in [0, 0.05) is 45.6 Å². The van der Waals surface area contributed by atoms with Crippen LogP contribution < -0.4 is 10.6 Å². The van der Waals surface area contributed by atoms with E-state index < -0.39 is 11.7 Å². The van der Waals surface area contributed by atoms with Crippen molar-refractivity contribution >= 4 is 5.96 Å². The van der Waals surface area contributed by atoms with Gasteiger partial charge in [0.05, 0.1) is 12.1 Å². The minimum Gasteiger partial charge on any atom is -0.381 e. The van der Waals surface area contributed by atoms with Gasteiger partial charge in [0.2, 0.25) is 0 Å². The molecule has 8 heteroatoms. The maximum Gasteiger partial charge on any atom is 0.416 e. The average Bonchev–Trinajstić information content (AvgIpc) is 2.72. The van der Waals surface area contributed by atoms with Crippen molar-refractivity contribution in [2.75, 3.05) is 46.6 Å². The summed E-state index contributed by atoms with van der Waals surface area (Å²) in [6.07, 6.45) is -1.33. The number of aliphatic imine (C=N–C) groups is 1. The molecule has 0 bridgehead atoms. The molecule has 0 unspecified atom stereocenters. The van der Waals surface area contributed by atoms with E-state index in [0.717, 1.165) is 57.8 Å². The Morgan fingerprint density at radius 2 is 1.93 bits per heavy atom. The zero-order valence-electron chi connectivity index (χ0n) is 16.6. The van der Waals surface area contributed by atoms with Crippen LogP contribution >= 0.6 is 0 Å². The second-order valence-corrected chi connectivity index (χ2v) is 6.71. The van der Waals surface area contributed by atoms with Gasteiger partial charge in [0.15, 0.2) is 5.96 Å². The van der Waals surface area contributed by atoms with Crippen molar-refractivity contribution in [1.29, 1.82) is 0 Å². The van der Waals surface area contributed by atoms with Gasteiger partial charge in [-0.05, 0) is 49.4 Å². The summed E-state index contributed by atoms with van der Waals surface area (Å²) in [7, 11) is 1.67. The minimum atomic E-state index is -4.33. The number of alkyl halides is 3. The van der Waals surface area contributed by atoms with Gasteiger partial charge in [-0.2, -0.15) is 13.2 Å². The lowest BCUT2D eigenvalue weighted by Crippen LogP contribution is -2.38. The second kappa shape index (κ2) is 12.3. The molecule has 5 nitrogen and oxygen atoms in total. The van der Waals surface area contributed by atoms with E-state index in [9.17, 15) is 13.2 Å². The summed E-state index contributed by atoms with van der Waals surface area (Å²) in [5.74, 6) is 6.93. The highest BCUT2D eigenvalue weighted by molar-refractivity contribution is 5.79. The lowest BCUT2D eigenvalue weighted by atomic mass is 10.0. The Bertz CT molecular complexity index is 688. The van der Waals surface area contributed by atoms with E-state index in [2.05, 4.69) is 27.5 Å². The largest absolute Gasteiger partial charge is 0.416 e. The Kier molecular flexibility index (Phi) is 9.81. The van der Waals surface area contributed by atoms with Crippen LogP contribution in [0.3, 0.4) is 0 Å². The van der Waals surface area contributed by atoms with Gasteiger partial charge < -0.3 is 20.1 Å². The molecule has 1 aromatic carbocycles. The fourth-order valence-corrected chi connectivity index (χ4v) is 2.78. The van der Waals surface area contributed by atoms with Crippen molar-refractivity contribution in [3.8, 4) is 11.8 Å². The average molecular weight is 411 g/mol. The Hall–Kier alpha value is -2.24. The second-order valence-electron chi connectivity index (χ2n) is 6.71. The quantitative estimate of drug-likeness (QED) is 0.313. The van der Waals surface area contributed by atoms with E-state index in [1.54, 1.807) is 7.05 Å². The predicted octanol–water partition coefficient (Wildman–Crippen LogP) is 3.06. The van der Waals surface area contributed by atoms with Crippen LogP contribution in [-0.2, 0) is 15.7 Å². The SMILES string of the molecule is CN=C(NCC#Cc1ccc(C(F)(F)F)cc1)NCCCOCC1CCOCC1. The van der Waals surface area contributed by atoms with Crippen molar-refractivity contribution in [1.82, 2.24) is 10.6 Å². The third-order valence-electron chi connectivity index (χ3n) is 4.47. The molecular weight excluding hydrogens is 383 g/mol. The van der Waals surface area contributed by atoms with Crippen LogP contribution in [-0.4, -0.2) is 52.5 Å². The van der Waals surface area contributed by atoms with Gasteiger partial charge in [-0.25, -0.2) is 0 Å². The molecule has 160 valence electrons. The highest BCUT2D eigenvalue weighted by atomic mass is 19.4. The number of guanidine groups is 1. The molecule has 0 atom stereocenters. The molecule has 29 heavy (non-hydrogen) atoms. The Morgan fingerprint density at radius 1 is 1.21 bits per heavy atom. The molecule has 0 spiro atoms. The van der Waals surface area contributed by atoms with Gasteiger partial charge in [0.25, 0.3) is 0 Å². The predicted molar refractivity (Wildman–Crippen MR) is 107 cm³/mol. The van der Waals surface area contributed by atoms with Crippen LogP contribution in [0.25, 0.3) is 0 Å². The third kappa shape index (κ3) is 9.20. The van der Waals surface area contributed by atoms with Crippen LogP contribution in [0, 0.1) is 17.8 Å². The number of hydrogen-bond donors (Lipinski definition) is 2. The topological polar surface area (TPSA) is 54.9 Å². The Morgan fingerprint density at radius 3 is 2.59 bits per heavy atom. The van der Waals surface area contributed by atoms with E-state index in [1.807, 2.05) is 0 Å². The summed E-state index contributed by atoms with van der Waals surface area (Å²) in [6, 6.07) is 4.79. The lowest BCUT2D eigenvalue weighted by molar-refractivity contribution is -0.137. The van der Waals surface area contributed by atoms with Crippen LogP contribution in [0.4, 0.5) is 13.2 Å². The number of hydrogen-bond acceptors (Lipinski definition) is 3. The highest BCUT2D eigenvalue weighted by Gasteiger charge is 2.29. The molecule has 1 aliphatic rings. The molecule has 0 radical (unpaired) electrons. The van der Waals surface area contributed by atoms with Crippen molar-refractivity contribution in [2.24, 2.45) is 10.9 Å². The summed E-state index contributed by atoms with van der Waals surface area (Å²) < 4.78 is 48.6. The monoisotopic (exact) mass is 411 g/mol. The number of nitrogens with zero attached hydrogens (tertiary/aromatic N) is 1. The summed E-state index contributed by atoms with van der Waals surface area (Å²) in [5, 5.41) is 6.23. The van der Waals surface area contributed by atoms with Crippen LogP contribution in [0.2, 0.25) is 0 Å². The van der Waals surface area contributed by atoms with Crippen molar-refractivity contribution in [3.63, 3.8) is 0 Å². The van der Waals surface area contributed by atoms with Crippen LogP contribution in [0.1, 0.15) is 30.4 Å². The molecule has 0 aliphatic carbocycles. The Balaban J connectivity index is 1.58. The van der Waals surface area contributed by atoms with E-state index in [0.29, 0.717) is 30.6 Å². The van der Waals surface area contributed by atoms with Crippen molar-refractivity contribution < 1.29 is 22.6 Å². The highest BCUT2D eigenvalue weighted by Crippen LogP contribution is 2.28. The molecule has 0 saturated carbocycles. The van der Waals surface area contributed by atoms with Crippen LogP contribution in [0.5, 0.6) is 0 Å². The first-order valence-electron chi connectivity index (χ1n) is 9.75. The Labute approximate surface area is 170 Å². The summed E-state index contributed by atoms with van der Waals surface area (Å²) in [5.41, 5.74) is -0.146. The van der Waals surface area contributed by atoms with Gasteiger partial charge in [-0.3, -0.25) is 4.99 Å². The van der Waals surface area contributed by atoms with Gasteiger partial charge in [0.1, 0.15) is 0 Å². The molecule has 2 N–H and O–H groups in total. The molecule has 1 aromatic rings. The summed E-state index contributed by atoms with van der Waals surface area (Å²) in [6.45, 7) is 4.20. The fraction of sp³-hybridized carbons (Fsp3) is 0.571. The first-order valence-corrected chi connectivity index (χ1v) is 9.75. The summed E-state index contributed by atoms with van der Waals surface area (Å²) >= 11 is 0. The van der Waals surface area contributed by atoms with E-state index >= 15 is 0 Å². The van der Waals surface area contributed by atoms with Crippen molar-refractivity contribution in [3.05, 3.63) is 35.4 Å². The normalized spacial score (nSPS) is 15.5. The maximum atomic E-state index is 12.5. The molecule has 1 saturated heterocycles. The molecule has 0 aromatic heterocycles. The number of ether oxygens (including phenoxy) is 2. The number of benzene rings is 1. The van der Waals surface area contributed by atoms with Gasteiger partial charge in [-0.15, -0.1) is 0 Å². The first-order chi connectivity index (χ1) is 14.0. The number of nitrogens with one attached hydrogen (secondary N) is 2. The molecule has 1 aliphatic heterocycles. The van der Waals surface area contributed by atoms with E-state index in [4.69, 9.17) is 9.47 Å². The van der Waals surface area contributed by atoms with Crippen LogP contribution in [0.15, 0.2) is 29.3 Å². The molecular formula is C21H28F3N3O2. The third-order valence-corrected chi connectivity index (χ3v) is 4.47. The first kappa shape index (κ1) is 23.0. The molecule has 1 heterocycles. The van der Waals surface area contributed by atoms with Crippen molar-refractivity contribution in [2.45, 2.75) is 25.4 Å². The molecule has 0 amide bonds. The maximum absolute atomic E-state index is 12.5. The zero-order valence-corrected chi connectivity index (χ0v) is 16.6. The minimum absolute atomic E-state index is 0.334. The van der Waals surface area contributed by atoms with Gasteiger partial charge in [-0.1, -0.05) is 11.8 Å². The standard InChI is InChI=1S/C21H28F3N3O2/c1-25-20(27-12-3-13-29-16-18-9-14-28-15-10-18)26-11-2-4-17-5-7-19(8-6-17)21(22,23)24/h5-8,18H,3,9-16H2,1H3,(H2,25,26,27). The molecule has 1 fully saturated rings. The van der Waals surface area contributed by atoms with E-state index in [-0.39, 0.29) is 0 Å². The lowest BCUT2D eigenvalue weighted by Gasteiger charge is -2.21. The smallest absolute Gasteiger partial charge is 0.381 e.